The lowest BCUT2D eigenvalue weighted by Gasteiger charge is -2.28. The van der Waals surface area contributed by atoms with E-state index in [4.69, 9.17) is 0 Å². The summed E-state index contributed by atoms with van der Waals surface area (Å²) in [6.07, 6.45) is 1.77. The molecule has 1 N–H and O–H groups in total. The minimum absolute atomic E-state index is 0. The topological polar surface area (TPSA) is 45.5 Å². The summed E-state index contributed by atoms with van der Waals surface area (Å²) >= 11 is 3.43. The van der Waals surface area contributed by atoms with Crippen LogP contribution in [-0.2, 0) is 0 Å². The van der Waals surface area contributed by atoms with Gasteiger partial charge in [-0.15, -0.1) is 29.9 Å². The van der Waals surface area contributed by atoms with Gasteiger partial charge < -0.3 is 10.2 Å². The second kappa shape index (κ2) is 6.56. The molecule has 5 nitrogen and oxygen atoms in total. The number of aromatic nitrogens is 3. The van der Waals surface area contributed by atoms with Crippen LogP contribution in [0.5, 0.6) is 0 Å². The van der Waals surface area contributed by atoms with Crippen molar-refractivity contribution in [2.45, 2.75) is 0 Å². The van der Waals surface area contributed by atoms with Crippen LogP contribution in [0, 0.1) is 0 Å². The second-order valence-electron chi connectivity index (χ2n) is 3.78. The third-order valence-corrected chi connectivity index (χ3v) is 3.29. The SMILES string of the molecule is Brc1cnc2ccc(N3CCNCC3)nn12.Cl.Cl. The molecule has 1 aliphatic rings. The van der Waals surface area contributed by atoms with E-state index < -0.39 is 0 Å². The molecule has 0 aromatic carbocycles. The molecule has 8 heteroatoms. The fourth-order valence-corrected chi connectivity index (χ4v) is 2.26. The van der Waals surface area contributed by atoms with Gasteiger partial charge in [0.2, 0.25) is 0 Å². The molecular weight excluding hydrogens is 341 g/mol. The van der Waals surface area contributed by atoms with Crippen LogP contribution in [0.1, 0.15) is 0 Å². The first-order chi connectivity index (χ1) is 7.84. The zero-order chi connectivity index (χ0) is 11.0. The first-order valence-corrected chi connectivity index (χ1v) is 6.10. The van der Waals surface area contributed by atoms with Crippen LogP contribution < -0.4 is 10.2 Å². The van der Waals surface area contributed by atoms with Crippen molar-refractivity contribution >= 4 is 52.2 Å². The minimum atomic E-state index is 0. The Morgan fingerprint density at radius 3 is 2.61 bits per heavy atom. The molecule has 1 saturated heterocycles. The molecule has 0 spiro atoms. The Morgan fingerprint density at radius 1 is 1.17 bits per heavy atom. The van der Waals surface area contributed by atoms with Gasteiger partial charge in [0.25, 0.3) is 0 Å². The summed E-state index contributed by atoms with van der Waals surface area (Å²) in [4.78, 5) is 6.51. The number of imidazole rings is 1. The van der Waals surface area contributed by atoms with Gasteiger partial charge in [0.15, 0.2) is 5.65 Å². The van der Waals surface area contributed by atoms with Crippen LogP contribution in [0.25, 0.3) is 5.65 Å². The van der Waals surface area contributed by atoms with Gasteiger partial charge in [-0.1, -0.05) is 0 Å². The van der Waals surface area contributed by atoms with E-state index in [2.05, 4.69) is 36.2 Å². The molecule has 0 atom stereocenters. The largest absolute Gasteiger partial charge is 0.353 e. The standard InChI is InChI=1S/C10H12BrN5.2ClH/c11-8-7-13-9-1-2-10(14-16(8)9)15-5-3-12-4-6-15;;/h1-2,7,12H,3-6H2;2*1H. The molecule has 0 radical (unpaired) electrons. The Morgan fingerprint density at radius 2 is 1.89 bits per heavy atom. The maximum atomic E-state index is 4.56. The van der Waals surface area contributed by atoms with Gasteiger partial charge in [-0.25, -0.2) is 9.50 Å². The Bertz CT molecular complexity index is 512. The Hall–Kier alpha value is -0.560. The van der Waals surface area contributed by atoms with Crippen LogP contribution in [0.3, 0.4) is 0 Å². The van der Waals surface area contributed by atoms with Gasteiger partial charge in [-0.3, -0.25) is 0 Å². The normalized spacial score (nSPS) is 15.1. The summed E-state index contributed by atoms with van der Waals surface area (Å²) in [5.74, 6) is 1.01. The van der Waals surface area contributed by atoms with E-state index in [-0.39, 0.29) is 24.8 Å². The molecule has 0 saturated carbocycles. The molecule has 3 rings (SSSR count). The third kappa shape index (κ3) is 2.88. The number of nitrogens with one attached hydrogen (secondary N) is 1. The van der Waals surface area contributed by atoms with Crippen LogP contribution in [0.2, 0.25) is 0 Å². The molecule has 2 aromatic rings. The molecule has 3 heterocycles. The Balaban J connectivity index is 0.000000810. The number of anilines is 1. The lowest BCUT2D eigenvalue weighted by atomic mass is 10.3. The first kappa shape index (κ1) is 15.5. The summed E-state index contributed by atoms with van der Waals surface area (Å²) in [6.45, 7) is 4.05. The molecular formula is C10H14BrCl2N5. The Labute approximate surface area is 126 Å². The predicted octanol–water partition coefficient (Wildman–Crippen LogP) is 1.75. The summed E-state index contributed by atoms with van der Waals surface area (Å²) in [5.41, 5.74) is 0.866. The first-order valence-electron chi connectivity index (χ1n) is 5.30. The molecule has 0 aliphatic carbocycles. The van der Waals surface area contributed by atoms with E-state index in [1.54, 1.807) is 6.20 Å². The molecule has 18 heavy (non-hydrogen) atoms. The zero-order valence-electron chi connectivity index (χ0n) is 9.54. The van der Waals surface area contributed by atoms with Crippen LogP contribution in [-0.4, -0.2) is 40.8 Å². The van der Waals surface area contributed by atoms with Crippen molar-refractivity contribution in [2.24, 2.45) is 0 Å². The minimum Gasteiger partial charge on any atom is -0.353 e. The summed E-state index contributed by atoms with van der Waals surface area (Å²) in [6, 6.07) is 4.02. The number of hydrogen-bond acceptors (Lipinski definition) is 4. The zero-order valence-corrected chi connectivity index (χ0v) is 12.8. The van der Waals surface area contributed by atoms with Crippen molar-refractivity contribution in [3.8, 4) is 0 Å². The summed E-state index contributed by atoms with van der Waals surface area (Å²) in [5, 5.41) is 7.89. The number of nitrogens with zero attached hydrogens (tertiary/aromatic N) is 4. The quantitative estimate of drug-likeness (QED) is 0.847. The van der Waals surface area contributed by atoms with Gasteiger partial charge in [0.1, 0.15) is 10.4 Å². The maximum Gasteiger partial charge on any atom is 0.154 e. The highest BCUT2D eigenvalue weighted by molar-refractivity contribution is 9.10. The van der Waals surface area contributed by atoms with Gasteiger partial charge in [-0.2, -0.15) is 0 Å². The molecule has 0 unspecified atom stereocenters. The van der Waals surface area contributed by atoms with E-state index >= 15 is 0 Å². The van der Waals surface area contributed by atoms with Gasteiger partial charge in [0.05, 0.1) is 6.20 Å². The van der Waals surface area contributed by atoms with Gasteiger partial charge >= 0.3 is 0 Å². The van der Waals surface area contributed by atoms with Crippen molar-refractivity contribution in [1.29, 1.82) is 0 Å². The second-order valence-corrected chi connectivity index (χ2v) is 4.59. The summed E-state index contributed by atoms with van der Waals surface area (Å²) in [7, 11) is 0. The fraction of sp³-hybridized carbons (Fsp3) is 0.400. The van der Waals surface area contributed by atoms with Crippen LogP contribution >= 0.6 is 40.7 Å². The van der Waals surface area contributed by atoms with Crippen molar-refractivity contribution in [3.05, 3.63) is 22.9 Å². The number of halogens is 3. The smallest absolute Gasteiger partial charge is 0.154 e. The molecule has 100 valence electrons. The lowest BCUT2D eigenvalue weighted by Crippen LogP contribution is -2.44. The highest BCUT2D eigenvalue weighted by atomic mass is 79.9. The van der Waals surface area contributed by atoms with Crippen molar-refractivity contribution in [3.63, 3.8) is 0 Å². The average molecular weight is 355 g/mol. The van der Waals surface area contributed by atoms with E-state index in [0.29, 0.717) is 0 Å². The molecule has 1 fully saturated rings. The molecule has 2 aromatic heterocycles. The molecule has 0 bridgehead atoms. The number of hydrogen-bond donors (Lipinski definition) is 1. The Kier molecular flexibility index (Phi) is 5.65. The maximum absolute atomic E-state index is 4.56. The number of piperazine rings is 1. The predicted molar refractivity (Wildman–Crippen MR) is 80.3 cm³/mol. The number of fused-ring (bicyclic) bond motifs is 1. The van der Waals surface area contributed by atoms with E-state index in [0.717, 1.165) is 42.2 Å². The highest BCUT2D eigenvalue weighted by Crippen LogP contribution is 2.16. The monoisotopic (exact) mass is 353 g/mol. The summed E-state index contributed by atoms with van der Waals surface area (Å²) < 4.78 is 2.71. The van der Waals surface area contributed by atoms with Crippen molar-refractivity contribution in [2.75, 3.05) is 31.1 Å². The number of rotatable bonds is 1. The van der Waals surface area contributed by atoms with Gasteiger partial charge in [0, 0.05) is 26.2 Å². The molecule has 0 amide bonds. The van der Waals surface area contributed by atoms with E-state index in [1.807, 2.05) is 16.6 Å². The average Bonchev–Trinajstić information content (AvgIpc) is 2.72. The van der Waals surface area contributed by atoms with Crippen molar-refractivity contribution < 1.29 is 0 Å². The van der Waals surface area contributed by atoms with Crippen molar-refractivity contribution in [1.82, 2.24) is 19.9 Å². The van der Waals surface area contributed by atoms with Crippen LogP contribution in [0.4, 0.5) is 5.82 Å². The van der Waals surface area contributed by atoms with E-state index in [9.17, 15) is 0 Å². The highest BCUT2D eigenvalue weighted by Gasteiger charge is 2.12. The van der Waals surface area contributed by atoms with Crippen LogP contribution in [0.15, 0.2) is 22.9 Å². The van der Waals surface area contributed by atoms with E-state index in [1.165, 1.54) is 0 Å². The molecule has 1 aliphatic heterocycles. The lowest BCUT2D eigenvalue weighted by molar-refractivity contribution is 0.581. The van der Waals surface area contributed by atoms with Gasteiger partial charge in [-0.05, 0) is 28.1 Å². The fourth-order valence-electron chi connectivity index (χ4n) is 1.90. The third-order valence-electron chi connectivity index (χ3n) is 2.75.